The van der Waals surface area contributed by atoms with Gasteiger partial charge in [0, 0.05) is 24.5 Å². The molecule has 10 rings (SSSR count). The van der Waals surface area contributed by atoms with Crippen molar-refractivity contribution in [2.45, 2.75) is 98.2 Å². The Balaban J connectivity index is 0.876. The third kappa shape index (κ3) is 13.4. The van der Waals surface area contributed by atoms with Crippen LogP contribution in [0, 0.1) is 0 Å². The first-order valence-corrected chi connectivity index (χ1v) is 30.6. The van der Waals surface area contributed by atoms with E-state index in [4.69, 9.17) is 57.6 Å². The first kappa shape index (κ1) is 63.7. The molecule has 49 heteroatoms. The molecule has 4 aliphatic rings. The highest BCUT2D eigenvalue weighted by Crippen LogP contribution is 2.54. The molecule has 45 nitrogen and oxygen atoms in total. The molecule has 0 bridgehead atoms. The summed E-state index contributed by atoms with van der Waals surface area (Å²) < 4.78 is 115. The smallest absolute Gasteiger partial charge is 0.394 e. The van der Waals surface area contributed by atoms with Gasteiger partial charge in [-0.2, -0.15) is 9.97 Å². The predicted molar refractivity (Wildman–Crippen MR) is 273 cm³/mol. The van der Waals surface area contributed by atoms with Gasteiger partial charge in [-0.3, -0.25) is 89.0 Å². The van der Waals surface area contributed by atoms with Crippen LogP contribution >= 0.6 is 31.3 Å². The molecule has 4 aliphatic heterocycles. The molecule has 0 saturated carbocycles. The van der Waals surface area contributed by atoms with Gasteiger partial charge < -0.3 is 80.4 Å². The predicted octanol–water partition coefficient (Wildman–Crippen LogP) is -7.47. The Kier molecular flexibility index (Phi) is 17.8. The van der Waals surface area contributed by atoms with Crippen LogP contribution in [0.5, 0.6) is 0 Å². The van der Waals surface area contributed by atoms with Gasteiger partial charge in [-0.25, -0.2) is 37.8 Å². The van der Waals surface area contributed by atoms with Crippen molar-refractivity contribution in [3.05, 3.63) is 99.6 Å². The molecule has 0 radical (unpaired) electrons. The molecule has 3 unspecified atom stereocenters. The number of nitrogens with two attached hydrogens (primary N) is 2. The van der Waals surface area contributed by atoms with Crippen LogP contribution in [0.3, 0.4) is 0 Å². The Labute approximate surface area is 477 Å². The minimum absolute atomic E-state index is 0.227. The summed E-state index contributed by atoms with van der Waals surface area (Å²) in [7, 11) is -22.8. The average Bonchev–Trinajstić information content (AvgIpc) is 1.80. The van der Waals surface area contributed by atoms with E-state index in [2.05, 4.69) is 34.4 Å². The number of fused-ring (bicyclic) bond motifs is 2. The van der Waals surface area contributed by atoms with Gasteiger partial charge in [0.15, 0.2) is 47.2 Å². The molecule has 6 aromatic heterocycles. The SMILES string of the molecule is Nc1nc2c(ncn2[C@H]2O[C@@H](CO)[C@H](OP(=O)(O)OC[C@@H]3O[C@H](n4ccc(=O)[nH]c4=O)[C@@H](O)[C@H]3OP(=O)(O)OC[C@@H]3O[C@H](n4cnc5c(=O)[nH]c(N)nc54)[C@@H](O)[C@H]3OP(=O)(O)OC[C@@H]3O[C@H](n4ccc(=O)[nH]c4=O)[C@@H](O)[C@H]3OP(=O)(O)O)[C@@H]2O)c(=O)[nH]1. The van der Waals surface area contributed by atoms with Crippen LogP contribution in [0.25, 0.3) is 22.3 Å². The molecule has 4 saturated heterocycles. The fraction of sp³-hybridized carbons (Fsp3) is 0.526. The van der Waals surface area contributed by atoms with Crippen LogP contribution in [0.15, 0.2) is 65.9 Å². The number of rotatable bonds is 22. The van der Waals surface area contributed by atoms with Gasteiger partial charge in [0.25, 0.3) is 22.2 Å². The largest absolute Gasteiger partial charge is 0.472 e. The maximum absolute atomic E-state index is 14.0. The van der Waals surface area contributed by atoms with Gasteiger partial charge in [0.2, 0.25) is 11.9 Å². The Morgan fingerprint density at radius 1 is 0.494 bits per heavy atom. The second kappa shape index (κ2) is 24.3. The van der Waals surface area contributed by atoms with E-state index in [1.54, 1.807) is 0 Å². The van der Waals surface area contributed by atoms with E-state index in [-0.39, 0.29) is 17.1 Å². The van der Waals surface area contributed by atoms with Crippen molar-refractivity contribution < 1.29 is 119 Å². The molecule has 6 aromatic rings. The second-order valence-electron chi connectivity index (χ2n) is 19.1. The molecule has 4 fully saturated rings. The standard InChI is InChI=1S/C38H48N14O31P4/c39-35-45-27-17(29(60)47-35)41-9-51(27)33-19(56)23(11(5-53)76-33)81-85(67,68)74-7-13-25(21(58)32(78-13)50-4-2-16(55)44-38(50)63)82-87(71,72)75-8-14-26(22(59)34(79-14)52-10-42-18-28(52)46-36(40)48-30(18)61)83-86(69,70)73-6-12-24(80-84(64,65)66)20(57)31(77-12)49-3-1-15(54)43-37(49)62/h1-4,9-14,19-26,31-34,53,56-59H,5-8H2,(H,67,68)(H,69,70)(H,71,72)(H,43,54,62)(H,44,55,63)(H2,64,65,66)(H3,39,45,47,60)(H3,40,46,48,61)/t11-,12-,13-,14-,19-,20-,21-,22-,23-,24-,25-,26-,31-,32-,33-,34-/m0/s1. The number of phosphoric ester groups is 4. The number of ether oxygens (including phenoxy) is 4. The molecule has 0 aliphatic carbocycles. The first-order chi connectivity index (χ1) is 40.8. The third-order valence-electron chi connectivity index (χ3n) is 13.3. The van der Waals surface area contributed by atoms with Crippen LogP contribution in [-0.4, -0.2) is 208 Å². The van der Waals surface area contributed by atoms with E-state index >= 15 is 0 Å². The highest BCUT2D eigenvalue weighted by molar-refractivity contribution is 7.48. The summed E-state index contributed by atoms with van der Waals surface area (Å²) in [5.41, 5.74) is 4.10. The molecule has 10 heterocycles. The average molecular weight is 1320 g/mol. The minimum Gasteiger partial charge on any atom is -0.394 e. The summed E-state index contributed by atoms with van der Waals surface area (Å²) in [6.07, 6.45) is -29.1. The number of phosphoric acid groups is 4. The van der Waals surface area contributed by atoms with Crippen molar-refractivity contribution in [2.24, 2.45) is 0 Å². The molecule has 18 N–H and O–H groups in total. The lowest BCUT2D eigenvalue weighted by atomic mass is 10.1. The zero-order valence-electron chi connectivity index (χ0n) is 43.1. The highest BCUT2D eigenvalue weighted by atomic mass is 31.2. The minimum atomic E-state index is -5.85. The van der Waals surface area contributed by atoms with Crippen molar-refractivity contribution >= 4 is 65.5 Å². The van der Waals surface area contributed by atoms with Crippen molar-refractivity contribution in [1.82, 2.24) is 58.1 Å². The van der Waals surface area contributed by atoms with Gasteiger partial charge in [0.1, 0.15) is 73.2 Å². The number of nitrogens with one attached hydrogen (secondary N) is 4. The lowest BCUT2D eigenvalue weighted by Crippen LogP contribution is -2.39. The monoisotopic (exact) mass is 1320 g/mol. The Hall–Kier alpha value is -6.26. The normalized spacial score (nSPS) is 31.6. The van der Waals surface area contributed by atoms with Crippen LogP contribution in [0.2, 0.25) is 0 Å². The fourth-order valence-electron chi connectivity index (χ4n) is 9.60. The number of aliphatic hydroxyl groups is 5. The second-order valence-corrected chi connectivity index (χ2v) is 24.5. The Bertz CT molecular complexity index is 4150. The number of nitrogen functional groups attached to an aromatic ring is 2. The van der Waals surface area contributed by atoms with Gasteiger partial charge in [0.05, 0.1) is 39.1 Å². The number of hydrogen-bond acceptors (Lipinski definition) is 32. The zero-order chi connectivity index (χ0) is 63.0. The maximum Gasteiger partial charge on any atom is 0.472 e. The van der Waals surface area contributed by atoms with Crippen molar-refractivity contribution in [2.75, 3.05) is 37.9 Å². The summed E-state index contributed by atoms with van der Waals surface area (Å²) >= 11 is 0. The van der Waals surface area contributed by atoms with E-state index in [1.165, 1.54) is 0 Å². The summed E-state index contributed by atoms with van der Waals surface area (Å²) in [5, 5.41) is 55.7. The van der Waals surface area contributed by atoms with Gasteiger partial charge in [-0.05, 0) is 0 Å². The number of aliphatic hydroxyl groups excluding tert-OH is 5. The quantitative estimate of drug-likeness (QED) is 0.0281. The number of imidazole rings is 2. The molecule has 476 valence electrons. The van der Waals surface area contributed by atoms with E-state index in [1.807, 2.05) is 9.97 Å². The molecule has 0 amide bonds. The molecular formula is C38H48N14O31P4. The number of anilines is 2. The van der Waals surface area contributed by atoms with Crippen LogP contribution in [0.4, 0.5) is 11.9 Å². The summed E-state index contributed by atoms with van der Waals surface area (Å²) in [4.78, 5) is 151. The molecule has 87 heavy (non-hydrogen) atoms. The number of hydrogen-bond donors (Lipinski definition) is 16. The van der Waals surface area contributed by atoms with Crippen molar-refractivity contribution in [3.63, 3.8) is 0 Å². The Morgan fingerprint density at radius 3 is 1.15 bits per heavy atom. The topological polar surface area (TPSA) is 661 Å². The molecular weight excluding hydrogens is 1270 g/mol. The van der Waals surface area contributed by atoms with Gasteiger partial charge in [-0.1, -0.05) is 0 Å². The van der Waals surface area contributed by atoms with Crippen LogP contribution in [0.1, 0.15) is 24.9 Å². The summed E-state index contributed by atoms with van der Waals surface area (Å²) in [5.74, 6) is -0.867. The van der Waals surface area contributed by atoms with E-state index in [0.717, 1.165) is 46.3 Å². The van der Waals surface area contributed by atoms with E-state index in [9.17, 15) is 97.0 Å². The number of aromatic amines is 4. The molecule has 19 atom stereocenters. The van der Waals surface area contributed by atoms with Crippen LogP contribution < -0.4 is 45.1 Å². The van der Waals surface area contributed by atoms with Crippen LogP contribution in [-0.2, 0) is 68.9 Å². The Morgan fingerprint density at radius 2 is 0.816 bits per heavy atom. The maximum atomic E-state index is 14.0. The number of H-pyrrole nitrogens is 4. The van der Waals surface area contributed by atoms with E-state index < -0.39 is 207 Å². The van der Waals surface area contributed by atoms with E-state index in [0.29, 0.717) is 9.13 Å². The van der Waals surface area contributed by atoms with Crippen molar-refractivity contribution in [3.8, 4) is 0 Å². The number of nitrogens with zero attached hydrogens (tertiary/aromatic N) is 8. The zero-order valence-corrected chi connectivity index (χ0v) is 46.7. The molecule has 0 aromatic carbocycles. The fourth-order valence-corrected chi connectivity index (χ4v) is 13.1. The lowest BCUT2D eigenvalue weighted by Gasteiger charge is -2.26. The lowest BCUT2D eigenvalue weighted by molar-refractivity contribution is -0.0647. The highest BCUT2D eigenvalue weighted by Gasteiger charge is 2.55. The summed E-state index contributed by atoms with van der Waals surface area (Å²) in [6, 6.07) is 1.59. The first-order valence-electron chi connectivity index (χ1n) is 24.5. The summed E-state index contributed by atoms with van der Waals surface area (Å²) in [6.45, 7) is -4.96. The molecule has 0 spiro atoms. The van der Waals surface area contributed by atoms with Gasteiger partial charge >= 0.3 is 42.7 Å². The third-order valence-corrected chi connectivity index (χ3v) is 16.8. The number of aromatic nitrogens is 12. The van der Waals surface area contributed by atoms with Crippen molar-refractivity contribution in [1.29, 1.82) is 0 Å². The van der Waals surface area contributed by atoms with Gasteiger partial charge in [-0.15, -0.1) is 0 Å².